The van der Waals surface area contributed by atoms with Crippen LogP contribution in [0.1, 0.15) is 5.56 Å². The van der Waals surface area contributed by atoms with Crippen LogP contribution in [-0.4, -0.2) is 28.2 Å². The van der Waals surface area contributed by atoms with Gasteiger partial charge in [0.15, 0.2) is 11.0 Å². The molecule has 0 atom stereocenters. The van der Waals surface area contributed by atoms with Gasteiger partial charge in [0.2, 0.25) is 5.28 Å². The molecule has 1 rings (SSSR count). The molecule has 5 nitrogen and oxygen atoms in total. The molecule has 0 saturated heterocycles. The van der Waals surface area contributed by atoms with Crippen LogP contribution in [0.4, 0.5) is 5.82 Å². The Bertz CT molecular complexity index is 377. The fourth-order valence-electron chi connectivity index (χ4n) is 0.809. The van der Waals surface area contributed by atoms with Crippen LogP contribution in [-0.2, 0) is 0 Å². The third kappa shape index (κ3) is 2.45. The molecule has 0 aliphatic carbocycles. The smallest absolute Gasteiger partial charge is 0.225 e. The summed E-state index contributed by atoms with van der Waals surface area (Å²) < 4.78 is 0. The summed E-state index contributed by atoms with van der Waals surface area (Å²) in [6.45, 7) is 0.183. The van der Waals surface area contributed by atoms with Crippen molar-refractivity contribution < 1.29 is 5.11 Å². The maximum atomic E-state index is 8.73. The maximum Gasteiger partial charge on any atom is 0.225 e. The topological polar surface area (TPSA) is 81.8 Å². The lowest BCUT2D eigenvalue weighted by Gasteiger charge is -2.05. The minimum atomic E-state index is -0.0793. The van der Waals surface area contributed by atoms with E-state index < -0.39 is 0 Å². The number of aliphatic hydroxyl groups excluding tert-OH is 1. The van der Waals surface area contributed by atoms with E-state index in [2.05, 4.69) is 15.3 Å². The Morgan fingerprint density at radius 3 is 2.71 bits per heavy atom. The summed E-state index contributed by atoms with van der Waals surface area (Å²) in [5.41, 5.74) is 0.115. The van der Waals surface area contributed by atoms with Gasteiger partial charge < -0.3 is 10.4 Å². The molecule has 2 N–H and O–H groups in total. The van der Waals surface area contributed by atoms with E-state index in [1.165, 1.54) is 0 Å². The average Bonchev–Trinajstić information content (AvgIpc) is 2.14. The third-order valence-corrected chi connectivity index (χ3v) is 1.80. The molecular weight excluding hydrogens is 227 g/mol. The number of nitriles is 1. The van der Waals surface area contributed by atoms with E-state index in [1.807, 2.05) is 6.07 Å². The van der Waals surface area contributed by atoms with Gasteiger partial charge in [-0.05, 0) is 11.6 Å². The van der Waals surface area contributed by atoms with Gasteiger partial charge in [0.1, 0.15) is 11.6 Å². The first-order valence-electron chi connectivity index (χ1n) is 3.67. The number of anilines is 1. The standard InChI is InChI=1S/C7H6Cl2N4O/c8-5-4(3-10)6(11-1-2-14)13-7(9)12-5/h14H,1-2H2,(H,11,12,13). The van der Waals surface area contributed by atoms with Crippen molar-refractivity contribution in [3.63, 3.8) is 0 Å². The average molecular weight is 233 g/mol. The van der Waals surface area contributed by atoms with E-state index in [4.69, 9.17) is 33.6 Å². The molecule has 0 radical (unpaired) electrons. The number of nitrogens with one attached hydrogen (secondary N) is 1. The van der Waals surface area contributed by atoms with E-state index in [1.54, 1.807) is 0 Å². The molecule has 0 bridgehead atoms. The number of halogens is 2. The molecule has 7 heteroatoms. The molecule has 0 spiro atoms. The number of hydrogen-bond acceptors (Lipinski definition) is 5. The Morgan fingerprint density at radius 2 is 2.14 bits per heavy atom. The van der Waals surface area contributed by atoms with Crippen LogP contribution in [0.25, 0.3) is 0 Å². The van der Waals surface area contributed by atoms with E-state index >= 15 is 0 Å². The number of rotatable bonds is 3. The number of aliphatic hydroxyl groups is 1. The molecular formula is C7H6Cl2N4O. The molecule has 14 heavy (non-hydrogen) atoms. The highest BCUT2D eigenvalue weighted by molar-refractivity contribution is 6.33. The monoisotopic (exact) mass is 232 g/mol. The Kier molecular flexibility index (Phi) is 3.89. The first-order chi connectivity index (χ1) is 6.69. The molecule has 0 aliphatic heterocycles. The van der Waals surface area contributed by atoms with Crippen molar-refractivity contribution in [2.24, 2.45) is 0 Å². The van der Waals surface area contributed by atoms with E-state index in [-0.39, 0.29) is 35.0 Å². The summed E-state index contributed by atoms with van der Waals surface area (Å²) >= 11 is 11.2. The van der Waals surface area contributed by atoms with Crippen LogP contribution in [0.15, 0.2) is 0 Å². The highest BCUT2D eigenvalue weighted by atomic mass is 35.5. The second-order valence-electron chi connectivity index (χ2n) is 2.27. The molecule has 1 aromatic heterocycles. The van der Waals surface area contributed by atoms with Crippen LogP contribution in [0, 0.1) is 11.3 Å². The van der Waals surface area contributed by atoms with Gasteiger partial charge in [0.25, 0.3) is 0 Å². The summed E-state index contributed by atoms with van der Waals surface area (Å²) in [5.74, 6) is 0.228. The summed E-state index contributed by atoms with van der Waals surface area (Å²) in [6, 6.07) is 1.84. The Hall–Kier alpha value is -1.09. The second-order valence-corrected chi connectivity index (χ2v) is 2.97. The number of aromatic nitrogens is 2. The highest BCUT2D eigenvalue weighted by Gasteiger charge is 2.11. The van der Waals surface area contributed by atoms with Gasteiger partial charge in [-0.25, -0.2) is 4.98 Å². The summed E-state index contributed by atoms with van der Waals surface area (Å²) in [7, 11) is 0. The molecule has 1 heterocycles. The minimum Gasteiger partial charge on any atom is -0.395 e. The molecule has 74 valence electrons. The lowest BCUT2D eigenvalue weighted by molar-refractivity contribution is 0.311. The maximum absolute atomic E-state index is 8.73. The fraction of sp³-hybridized carbons (Fsp3) is 0.286. The Balaban J connectivity index is 3.07. The van der Waals surface area contributed by atoms with Crippen LogP contribution < -0.4 is 5.32 Å². The van der Waals surface area contributed by atoms with Crippen molar-refractivity contribution in [1.29, 1.82) is 5.26 Å². The van der Waals surface area contributed by atoms with Crippen LogP contribution in [0.3, 0.4) is 0 Å². The van der Waals surface area contributed by atoms with Crippen LogP contribution >= 0.6 is 23.2 Å². The van der Waals surface area contributed by atoms with Gasteiger partial charge in [0.05, 0.1) is 6.61 Å². The lowest BCUT2D eigenvalue weighted by Crippen LogP contribution is -2.09. The highest BCUT2D eigenvalue weighted by Crippen LogP contribution is 2.21. The molecule has 1 aromatic rings. The predicted molar refractivity (Wildman–Crippen MR) is 52.3 cm³/mol. The largest absolute Gasteiger partial charge is 0.395 e. The molecule has 0 amide bonds. The number of nitrogens with zero attached hydrogens (tertiary/aromatic N) is 3. The van der Waals surface area contributed by atoms with Gasteiger partial charge >= 0.3 is 0 Å². The van der Waals surface area contributed by atoms with Crippen molar-refractivity contribution in [3.8, 4) is 6.07 Å². The zero-order chi connectivity index (χ0) is 10.6. The van der Waals surface area contributed by atoms with E-state index in [0.29, 0.717) is 0 Å². The zero-order valence-electron chi connectivity index (χ0n) is 6.96. The summed E-state index contributed by atoms with van der Waals surface area (Å²) in [5, 5.41) is 20.0. The van der Waals surface area contributed by atoms with Crippen LogP contribution in [0.5, 0.6) is 0 Å². The van der Waals surface area contributed by atoms with Gasteiger partial charge in [0, 0.05) is 6.54 Å². The molecule has 0 fully saturated rings. The van der Waals surface area contributed by atoms with Gasteiger partial charge in [-0.3, -0.25) is 0 Å². The predicted octanol–water partition coefficient (Wildman–Crippen LogP) is 1.06. The molecule has 0 unspecified atom stereocenters. The first kappa shape index (κ1) is 11.0. The van der Waals surface area contributed by atoms with Crippen molar-refractivity contribution in [2.75, 3.05) is 18.5 Å². The van der Waals surface area contributed by atoms with Crippen molar-refractivity contribution >= 4 is 29.0 Å². The lowest BCUT2D eigenvalue weighted by atomic mass is 10.3. The first-order valence-corrected chi connectivity index (χ1v) is 4.42. The molecule has 0 aliphatic rings. The van der Waals surface area contributed by atoms with E-state index in [0.717, 1.165) is 0 Å². The second kappa shape index (κ2) is 4.96. The van der Waals surface area contributed by atoms with Gasteiger partial charge in [-0.1, -0.05) is 11.6 Å². The number of hydrogen-bond donors (Lipinski definition) is 2. The fourth-order valence-corrected chi connectivity index (χ4v) is 1.23. The summed E-state index contributed by atoms with van der Waals surface area (Å²) in [6.07, 6.45) is 0. The Labute approximate surface area is 90.3 Å². The zero-order valence-corrected chi connectivity index (χ0v) is 8.47. The van der Waals surface area contributed by atoms with Crippen molar-refractivity contribution in [2.45, 2.75) is 0 Å². The minimum absolute atomic E-state index is 0.00654. The van der Waals surface area contributed by atoms with E-state index in [9.17, 15) is 0 Å². The van der Waals surface area contributed by atoms with Crippen molar-refractivity contribution in [1.82, 2.24) is 9.97 Å². The van der Waals surface area contributed by atoms with Crippen LogP contribution in [0.2, 0.25) is 10.4 Å². The summed E-state index contributed by atoms with van der Waals surface area (Å²) in [4.78, 5) is 7.38. The SMILES string of the molecule is N#Cc1c(Cl)nc(Cl)nc1NCCO. The molecule has 0 aromatic carbocycles. The van der Waals surface area contributed by atoms with Gasteiger partial charge in [-0.15, -0.1) is 0 Å². The quantitative estimate of drug-likeness (QED) is 0.602. The van der Waals surface area contributed by atoms with Crippen molar-refractivity contribution in [3.05, 3.63) is 16.0 Å². The third-order valence-electron chi connectivity index (χ3n) is 1.35. The molecule has 0 saturated carbocycles. The van der Waals surface area contributed by atoms with Gasteiger partial charge in [-0.2, -0.15) is 10.2 Å². The normalized spacial score (nSPS) is 9.57. The Morgan fingerprint density at radius 1 is 1.43 bits per heavy atom.